The summed E-state index contributed by atoms with van der Waals surface area (Å²) in [7, 11) is 0. The van der Waals surface area contributed by atoms with E-state index in [1.54, 1.807) is 12.1 Å². The first-order chi connectivity index (χ1) is 6.27. The maximum Gasteiger partial charge on any atom is 0.131 e. The second-order valence-electron chi connectivity index (χ2n) is 2.40. The van der Waals surface area contributed by atoms with Crippen LogP contribution in [0.3, 0.4) is 0 Å². The first-order valence-corrected chi connectivity index (χ1v) is 4.13. The van der Waals surface area contributed by atoms with E-state index in [1.165, 1.54) is 6.07 Å². The van der Waals surface area contributed by atoms with E-state index in [0.29, 0.717) is 17.3 Å². The van der Waals surface area contributed by atoms with E-state index in [1.807, 2.05) is 0 Å². The van der Waals surface area contributed by atoms with Gasteiger partial charge in [-0.15, -0.1) is 4.91 Å². The highest BCUT2D eigenvalue weighted by Gasteiger charge is 2.02. The van der Waals surface area contributed by atoms with Crippen molar-refractivity contribution < 1.29 is 5.11 Å². The van der Waals surface area contributed by atoms with Crippen molar-refractivity contribution in [2.45, 2.75) is 0 Å². The molecule has 5 heteroatoms. The van der Waals surface area contributed by atoms with E-state index in [9.17, 15) is 4.91 Å². The summed E-state index contributed by atoms with van der Waals surface area (Å²) in [6, 6.07) is 4.70. The third-order valence-corrected chi connectivity index (χ3v) is 1.72. The highest BCUT2D eigenvalue weighted by molar-refractivity contribution is 6.31. The summed E-state index contributed by atoms with van der Waals surface area (Å²) in [5.41, 5.74) is 0.828. The summed E-state index contributed by atoms with van der Waals surface area (Å²) in [6.07, 6.45) is 0. The first kappa shape index (κ1) is 9.95. The molecule has 0 unspecified atom stereocenters. The van der Waals surface area contributed by atoms with Crippen molar-refractivity contribution in [3.05, 3.63) is 28.1 Å². The van der Waals surface area contributed by atoms with Crippen LogP contribution in [-0.2, 0) is 0 Å². The monoisotopic (exact) mass is 200 g/mol. The van der Waals surface area contributed by atoms with Gasteiger partial charge in [0.05, 0.1) is 12.3 Å². The number of aliphatic hydroxyl groups excluding tert-OH is 1. The Kier molecular flexibility index (Phi) is 3.67. The number of hydrogen-bond acceptors (Lipinski definition) is 4. The normalized spacial score (nSPS) is 9.69. The molecule has 0 amide bonds. The Morgan fingerprint density at radius 3 is 2.92 bits per heavy atom. The summed E-state index contributed by atoms with van der Waals surface area (Å²) in [5.74, 6) is 0. The molecule has 0 heterocycles. The summed E-state index contributed by atoms with van der Waals surface area (Å²) in [4.78, 5) is 10.3. The van der Waals surface area contributed by atoms with Gasteiger partial charge in [-0.3, -0.25) is 0 Å². The lowest BCUT2D eigenvalue weighted by molar-refractivity contribution is 0.311. The number of nitrogens with one attached hydrogen (secondary N) is 1. The minimum atomic E-state index is -0.00912. The molecule has 0 aliphatic heterocycles. The number of anilines is 1. The zero-order valence-corrected chi connectivity index (χ0v) is 7.58. The van der Waals surface area contributed by atoms with Crippen LogP contribution in [0.25, 0.3) is 0 Å². The van der Waals surface area contributed by atoms with Crippen molar-refractivity contribution in [1.29, 1.82) is 0 Å². The molecule has 2 N–H and O–H groups in total. The quantitative estimate of drug-likeness (QED) is 0.732. The number of benzene rings is 1. The number of nitroso groups, excluding NO2 is 1. The predicted molar refractivity (Wildman–Crippen MR) is 52.5 cm³/mol. The van der Waals surface area contributed by atoms with Gasteiger partial charge in [-0.25, -0.2) is 0 Å². The molecule has 0 aromatic heterocycles. The Hall–Kier alpha value is -1.13. The number of nitrogens with zero attached hydrogens (tertiary/aromatic N) is 1. The van der Waals surface area contributed by atoms with Crippen LogP contribution in [0, 0.1) is 4.91 Å². The van der Waals surface area contributed by atoms with Gasteiger partial charge in [0.2, 0.25) is 0 Å². The molecule has 0 saturated carbocycles. The Labute approximate surface area is 80.5 Å². The molecule has 0 aliphatic carbocycles. The Balaban J connectivity index is 2.87. The van der Waals surface area contributed by atoms with Crippen molar-refractivity contribution in [3.63, 3.8) is 0 Å². The van der Waals surface area contributed by atoms with E-state index in [-0.39, 0.29) is 12.3 Å². The largest absolute Gasteiger partial charge is 0.395 e. The van der Waals surface area contributed by atoms with Gasteiger partial charge in [-0.1, -0.05) is 11.6 Å². The third-order valence-electron chi connectivity index (χ3n) is 1.48. The van der Waals surface area contributed by atoms with E-state index in [2.05, 4.69) is 10.5 Å². The second-order valence-corrected chi connectivity index (χ2v) is 2.84. The van der Waals surface area contributed by atoms with Crippen LogP contribution in [0.2, 0.25) is 5.02 Å². The van der Waals surface area contributed by atoms with Gasteiger partial charge in [0.25, 0.3) is 0 Å². The maximum atomic E-state index is 10.3. The molecule has 0 radical (unpaired) electrons. The van der Waals surface area contributed by atoms with E-state index in [4.69, 9.17) is 16.7 Å². The lowest BCUT2D eigenvalue weighted by atomic mass is 10.2. The maximum absolute atomic E-state index is 10.3. The molecule has 0 aliphatic rings. The number of rotatable bonds is 4. The highest BCUT2D eigenvalue weighted by atomic mass is 35.5. The van der Waals surface area contributed by atoms with Crippen molar-refractivity contribution in [1.82, 2.24) is 0 Å². The zero-order chi connectivity index (χ0) is 9.68. The predicted octanol–water partition coefficient (Wildman–Crippen LogP) is 2.14. The molecule has 4 nitrogen and oxygen atoms in total. The molecular formula is C8H9ClN2O2. The summed E-state index contributed by atoms with van der Waals surface area (Å²) in [6.45, 7) is 0.355. The van der Waals surface area contributed by atoms with E-state index >= 15 is 0 Å². The SMILES string of the molecule is O=Nc1ccc(Cl)cc1NCCO. The van der Waals surface area contributed by atoms with Crippen LogP contribution in [0.15, 0.2) is 23.4 Å². The van der Waals surface area contributed by atoms with Crippen molar-refractivity contribution in [2.75, 3.05) is 18.5 Å². The standard InChI is InChI=1S/C8H9ClN2O2/c9-6-1-2-7(11-13)8(5-6)10-3-4-12/h1-2,5,10,12H,3-4H2. The van der Waals surface area contributed by atoms with Crippen LogP contribution in [0.1, 0.15) is 0 Å². The van der Waals surface area contributed by atoms with Crippen LogP contribution in [-0.4, -0.2) is 18.3 Å². The summed E-state index contributed by atoms with van der Waals surface area (Å²) in [5, 5.41) is 14.7. The molecule has 1 aromatic carbocycles. The van der Waals surface area contributed by atoms with Gasteiger partial charge in [0.1, 0.15) is 5.69 Å². The van der Waals surface area contributed by atoms with Crippen LogP contribution in [0.5, 0.6) is 0 Å². The Morgan fingerprint density at radius 2 is 2.31 bits per heavy atom. The van der Waals surface area contributed by atoms with E-state index in [0.717, 1.165) is 0 Å². The fourth-order valence-corrected chi connectivity index (χ4v) is 1.09. The number of halogens is 1. The molecule has 0 atom stereocenters. The average molecular weight is 201 g/mol. The van der Waals surface area contributed by atoms with Crippen molar-refractivity contribution >= 4 is 23.0 Å². The van der Waals surface area contributed by atoms with Crippen LogP contribution >= 0.6 is 11.6 Å². The molecule has 1 rings (SSSR count). The van der Waals surface area contributed by atoms with Gasteiger partial charge < -0.3 is 10.4 Å². The first-order valence-electron chi connectivity index (χ1n) is 3.75. The zero-order valence-electron chi connectivity index (χ0n) is 6.83. The molecular weight excluding hydrogens is 192 g/mol. The topological polar surface area (TPSA) is 61.7 Å². The smallest absolute Gasteiger partial charge is 0.131 e. The molecule has 0 fully saturated rings. The Bertz CT molecular complexity index is 304. The average Bonchev–Trinajstić information content (AvgIpc) is 2.15. The fourth-order valence-electron chi connectivity index (χ4n) is 0.920. The minimum Gasteiger partial charge on any atom is -0.395 e. The third kappa shape index (κ3) is 2.68. The summed E-state index contributed by atoms with van der Waals surface area (Å²) < 4.78 is 0. The van der Waals surface area contributed by atoms with Crippen LogP contribution in [0.4, 0.5) is 11.4 Å². The van der Waals surface area contributed by atoms with Crippen molar-refractivity contribution in [3.8, 4) is 0 Å². The minimum absolute atomic E-state index is 0.00912. The van der Waals surface area contributed by atoms with Crippen molar-refractivity contribution in [2.24, 2.45) is 5.18 Å². The molecule has 70 valence electrons. The lowest BCUT2D eigenvalue weighted by Gasteiger charge is -2.05. The van der Waals surface area contributed by atoms with Gasteiger partial charge in [0, 0.05) is 11.6 Å². The fraction of sp³-hybridized carbons (Fsp3) is 0.250. The molecule has 1 aromatic rings. The molecule has 0 saturated heterocycles. The van der Waals surface area contributed by atoms with Crippen LogP contribution < -0.4 is 5.32 Å². The molecule has 0 bridgehead atoms. The van der Waals surface area contributed by atoms with Gasteiger partial charge in [0.15, 0.2) is 0 Å². The molecule has 0 spiro atoms. The highest BCUT2D eigenvalue weighted by Crippen LogP contribution is 2.27. The van der Waals surface area contributed by atoms with Gasteiger partial charge in [-0.05, 0) is 23.4 Å². The van der Waals surface area contributed by atoms with Gasteiger partial charge >= 0.3 is 0 Å². The second kappa shape index (κ2) is 4.79. The van der Waals surface area contributed by atoms with E-state index < -0.39 is 0 Å². The Morgan fingerprint density at radius 1 is 1.54 bits per heavy atom. The molecule has 13 heavy (non-hydrogen) atoms. The lowest BCUT2D eigenvalue weighted by Crippen LogP contribution is -2.05. The number of aliphatic hydroxyl groups is 1. The number of hydrogen-bond donors (Lipinski definition) is 2. The summed E-state index contributed by atoms with van der Waals surface area (Å²) >= 11 is 5.71. The van der Waals surface area contributed by atoms with Gasteiger partial charge in [-0.2, -0.15) is 0 Å².